The van der Waals surface area contributed by atoms with Crippen molar-refractivity contribution in [2.75, 3.05) is 0 Å². The Hall–Kier alpha value is -0.790. The van der Waals surface area contributed by atoms with E-state index in [1.807, 2.05) is 13.8 Å². The number of nitrogens with one attached hydrogen (secondary N) is 1. The van der Waals surface area contributed by atoms with Crippen molar-refractivity contribution in [3.05, 3.63) is 12.3 Å². The van der Waals surface area contributed by atoms with E-state index in [1.54, 1.807) is 0 Å². The van der Waals surface area contributed by atoms with E-state index in [2.05, 4.69) is 16.9 Å². The van der Waals surface area contributed by atoms with Crippen molar-refractivity contribution in [1.82, 2.24) is 5.32 Å². The number of aliphatic imine (C=N–C) groups is 1. The first-order chi connectivity index (χ1) is 6.68. The van der Waals surface area contributed by atoms with Crippen LogP contribution in [-0.2, 0) is 0 Å². The zero-order chi connectivity index (χ0) is 10.4. The Morgan fingerprint density at radius 3 is 2.21 bits per heavy atom. The smallest absolute Gasteiger partial charge is 0.0976 e. The monoisotopic (exact) mass is 194 g/mol. The van der Waals surface area contributed by atoms with Crippen molar-refractivity contribution >= 4 is 5.84 Å². The predicted octanol–water partition coefficient (Wildman–Crippen LogP) is 3.25. The first-order valence-corrected chi connectivity index (χ1v) is 5.65. The quantitative estimate of drug-likeness (QED) is 0.407. The van der Waals surface area contributed by atoms with Gasteiger partial charge in [-0.1, -0.05) is 32.3 Å². The van der Waals surface area contributed by atoms with Gasteiger partial charge in [-0.15, -0.1) is 0 Å². The van der Waals surface area contributed by atoms with E-state index in [0.717, 1.165) is 11.5 Å². The zero-order valence-corrected chi connectivity index (χ0v) is 9.47. The lowest BCUT2D eigenvalue weighted by Crippen LogP contribution is -2.20. The van der Waals surface area contributed by atoms with Gasteiger partial charge in [-0.25, -0.2) is 0 Å². The Morgan fingerprint density at radius 1 is 1.14 bits per heavy atom. The number of hydrogen-bond acceptors (Lipinski definition) is 1. The van der Waals surface area contributed by atoms with Crippen LogP contribution in [0.3, 0.4) is 0 Å². The highest BCUT2D eigenvalue weighted by Crippen LogP contribution is 2.19. The third kappa shape index (κ3) is 4.45. The Balaban J connectivity index is 2.42. The second-order valence-electron chi connectivity index (χ2n) is 4.27. The summed E-state index contributed by atoms with van der Waals surface area (Å²) in [6.45, 7) is 7.81. The second-order valence-corrected chi connectivity index (χ2v) is 4.27. The molecule has 0 atom stereocenters. The van der Waals surface area contributed by atoms with Gasteiger partial charge >= 0.3 is 0 Å². The van der Waals surface area contributed by atoms with E-state index in [9.17, 15) is 0 Å². The summed E-state index contributed by atoms with van der Waals surface area (Å²) >= 11 is 0. The van der Waals surface area contributed by atoms with Crippen LogP contribution in [-0.4, -0.2) is 11.9 Å². The van der Waals surface area contributed by atoms with Crippen molar-refractivity contribution in [2.24, 2.45) is 4.99 Å². The van der Waals surface area contributed by atoms with Crippen molar-refractivity contribution in [1.29, 1.82) is 0 Å². The van der Waals surface area contributed by atoms with Crippen LogP contribution < -0.4 is 5.32 Å². The lowest BCUT2D eigenvalue weighted by Gasteiger charge is -2.11. The molecule has 0 aromatic carbocycles. The van der Waals surface area contributed by atoms with Gasteiger partial charge in [-0.05, 0) is 26.7 Å². The first kappa shape index (κ1) is 11.3. The molecule has 14 heavy (non-hydrogen) atoms. The van der Waals surface area contributed by atoms with Gasteiger partial charge in [-0.2, -0.15) is 0 Å². The molecular formula is C12H22N2. The number of hydrogen-bond donors (Lipinski definition) is 1. The molecule has 0 spiro atoms. The summed E-state index contributed by atoms with van der Waals surface area (Å²) in [5.74, 6) is 1.02. The normalized spacial score (nSPS) is 20.3. The molecule has 1 rings (SSSR count). The average Bonchev–Trinajstić information content (AvgIpc) is 2.31. The van der Waals surface area contributed by atoms with Gasteiger partial charge in [-0.3, -0.25) is 4.99 Å². The highest BCUT2D eigenvalue weighted by Gasteiger charge is 2.10. The number of allylic oxidation sites excluding steroid dienone is 1. The summed E-state index contributed by atoms with van der Waals surface area (Å²) in [6, 6.07) is 0.546. The van der Waals surface area contributed by atoms with Crippen LogP contribution in [0.4, 0.5) is 0 Å². The van der Waals surface area contributed by atoms with Crippen LogP contribution >= 0.6 is 0 Å². The molecule has 1 aliphatic rings. The van der Waals surface area contributed by atoms with E-state index in [-0.39, 0.29) is 0 Å². The van der Waals surface area contributed by atoms with E-state index in [0.29, 0.717) is 6.04 Å². The average molecular weight is 194 g/mol. The van der Waals surface area contributed by atoms with Crippen LogP contribution in [0.5, 0.6) is 0 Å². The van der Waals surface area contributed by atoms with Crippen LogP contribution in [0.15, 0.2) is 17.3 Å². The summed E-state index contributed by atoms with van der Waals surface area (Å²) in [7, 11) is 0. The minimum atomic E-state index is 0.546. The van der Waals surface area contributed by atoms with E-state index < -0.39 is 0 Å². The molecule has 0 saturated heterocycles. The molecule has 0 aromatic rings. The Morgan fingerprint density at radius 2 is 1.71 bits per heavy atom. The van der Waals surface area contributed by atoms with Crippen molar-refractivity contribution in [3.63, 3.8) is 0 Å². The molecule has 0 unspecified atom stereocenters. The van der Waals surface area contributed by atoms with Gasteiger partial charge in [0.05, 0.1) is 11.9 Å². The maximum Gasteiger partial charge on any atom is 0.0976 e. The highest BCUT2D eigenvalue weighted by molar-refractivity contribution is 5.81. The molecule has 0 aliphatic heterocycles. The summed E-state index contributed by atoms with van der Waals surface area (Å²) in [4.78, 5) is 4.68. The largest absolute Gasteiger partial charge is 0.349 e. The molecule has 0 heterocycles. The van der Waals surface area contributed by atoms with Crippen LogP contribution in [0.2, 0.25) is 0 Å². The Bertz CT molecular complexity index is 210. The fraction of sp³-hybridized carbons (Fsp3) is 0.750. The fourth-order valence-electron chi connectivity index (χ4n) is 2.00. The summed E-state index contributed by atoms with van der Waals surface area (Å²) in [5, 5.41) is 3.17. The Labute approximate surface area is 87.5 Å². The molecule has 1 N–H and O–H groups in total. The Kier molecular flexibility index (Phi) is 4.71. The van der Waals surface area contributed by atoms with Crippen LogP contribution in [0, 0.1) is 0 Å². The highest BCUT2D eigenvalue weighted by atomic mass is 15.0. The van der Waals surface area contributed by atoms with Crippen molar-refractivity contribution in [2.45, 2.75) is 58.4 Å². The molecule has 0 bridgehead atoms. The van der Waals surface area contributed by atoms with Crippen molar-refractivity contribution in [3.8, 4) is 0 Å². The lowest BCUT2D eigenvalue weighted by atomic mass is 10.1. The minimum absolute atomic E-state index is 0.546. The molecule has 2 heteroatoms. The molecule has 1 aliphatic carbocycles. The number of nitrogens with zero attached hydrogens (tertiary/aromatic N) is 1. The van der Waals surface area contributed by atoms with Crippen molar-refractivity contribution < 1.29 is 0 Å². The predicted molar refractivity (Wildman–Crippen MR) is 62.5 cm³/mol. The van der Waals surface area contributed by atoms with Gasteiger partial charge in [0.15, 0.2) is 0 Å². The fourth-order valence-corrected chi connectivity index (χ4v) is 2.00. The summed E-state index contributed by atoms with van der Waals surface area (Å²) in [5.41, 5.74) is 0.972. The molecule has 2 nitrogen and oxygen atoms in total. The molecule has 80 valence electrons. The first-order valence-electron chi connectivity index (χ1n) is 5.65. The maximum atomic E-state index is 4.68. The second kappa shape index (κ2) is 5.84. The summed E-state index contributed by atoms with van der Waals surface area (Å²) < 4.78 is 0. The number of rotatable bonds is 2. The minimum Gasteiger partial charge on any atom is -0.349 e. The van der Waals surface area contributed by atoms with E-state index in [4.69, 9.17) is 0 Å². The lowest BCUT2D eigenvalue weighted by molar-refractivity contribution is 0.583. The van der Waals surface area contributed by atoms with Gasteiger partial charge in [0, 0.05) is 5.70 Å². The third-order valence-electron chi connectivity index (χ3n) is 2.60. The topological polar surface area (TPSA) is 24.4 Å². The van der Waals surface area contributed by atoms with E-state index in [1.165, 1.54) is 38.5 Å². The SMILES string of the molecule is C=C(C)NC(C)=NC1CCCCCC1. The molecule has 0 amide bonds. The van der Waals surface area contributed by atoms with Gasteiger partial charge < -0.3 is 5.32 Å². The molecule has 1 saturated carbocycles. The number of amidine groups is 1. The van der Waals surface area contributed by atoms with Gasteiger partial charge in [0.1, 0.15) is 0 Å². The molecule has 0 aromatic heterocycles. The zero-order valence-electron chi connectivity index (χ0n) is 9.47. The maximum absolute atomic E-state index is 4.68. The van der Waals surface area contributed by atoms with Gasteiger partial charge in [0.2, 0.25) is 0 Å². The van der Waals surface area contributed by atoms with Crippen LogP contribution in [0.25, 0.3) is 0 Å². The summed E-state index contributed by atoms with van der Waals surface area (Å²) in [6.07, 6.45) is 7.98. The van der Waals surface area contributed by atoms with E-state index >= 15 is 0 Å². The molecule has 1 fully saturated rings. The van der Waals surface area contributed by atoms with Gasteiger partial charge in [0.25, 0.3) is 0 Å². The van der Waals surface area contributed by atoms with Crippen LogP contribution in [0.1, 0.15) is 52.4 Å². The molecular weight excluding hydrogens is 172 g/mol. The molecule has 0 radical (unpaired) electrons. The third-order valence-corrected chi connectivity index (χ3v) is 2.60. The standard InChI is InChI=1S/C12H22N2/c1-10(2)13-11(3)14-12-8-6-4-5-7-9-12/h12H,1,4-9H2,2-3H3,(H,13,14).